The van der Waals surface area contributed by atoms with Crippen LogP contribution in [0.5, 0.6) is 5.75 Å². The minimum atomic E-state index is -4.10. The summed E-state index contributed by atoms with van der Waals surface area (Å²) in [5, 5.41) is 3.64. The number of ether oxygens (including phenoxy) is 2. The number of rotatable bonds is 14. The van der Waals surface area contributed by atoms with Gasteiger partial charge in [-0.2, -0.15) is 5.09 Å². The average Bonchev–Trinajstić information content (AvgIpc) is 3.32. The Morgan fingerprint density at radius 2 is 1.71 bits per heavy atom. The number of carbonyl (C=O) groups is 1. The quantitative estimate of drug-likeness (QED) is 0.131. The van der Waals surface area contributed by atoms with Crippen LogP contribution in [0.25, 0.3) is 21.9 Å². The number of benzene rings is 2. The molecule has 1 unspecified atom stereocenters. The van der Waals surface area contributed by atoms with Gasteiger partial charge in [-0.25, -0.2) is 14.5 Å². The van der Waals surface area contributed by atoms with Gasteiger partial charge in [0.15, 0.2) is 5.82 Å². The largest absolute Gasteiger partial charge is 0.462 e. The summed E-state index contributed by atoms with van der Waals surface area (Å²) in [6.07, 6.45) is -0.336. The van der Waals surface area contributed by atoms with Crippen molar-refractivity contribution < 1.29 is 27.9 Å². The van der Waals surface area contributed by atoms with Crippen LogP contribution in [0.3, 0.4) is 0 Å². The van der Waals surface area contributed by atoms with Gasteiger partial charge in [0.05, 0.1) is 29.8 Å². The zero-order valence-electron chi connectivity index (χ0n) is 24.9. The van der Waals surface area contributed by atoms with Crippen LogP contribution in [0.15, 0.2) is 54.6 Å². The molecule has 0 saturated heterocycles. The van der Waals surface area contributed by atoms with E-state index in [9.17, 15) is 9.36 Å². The lowest BCUT2D eigenvalue weighted by Gasteiger charge is -2.29. The highest BCUT2D eigenvalue weighted by Gasteiger charge is 2.35. The molecule has 2 aromatic carbocycles. The number of pyridine rings is 1. The van der Waals surface area contributed by atoms with Gasteiger partial charge in [0.25, 0.3) is 0 Å². The van der Waals surface area contributed by atoms with E-state index in [1.165, 1.54) is 0 Å². The molecular weight excluding hydrogens is 557 g/mol. The molecule has 0 saturated carbocycles. The third-order valence-corrected chi connectivity index (χ3v) is 8.25. The molecule has 0 radical (unpaired) electrons. The predicted molar refractivity (Wildman–Crippen MR) is 163 cm³/mol. The van der Waals surface area contributed by atoms with E-state index in [0.29, 0.717) is 29.5 Å². The number of nitrogens with zero attached hydrogens (tertiary/aromatic N) is 3. The molecule has 0 aliphatic rings. The molecule has 11 nitrogen and oxygen atoms in total. The van der Waals surface area contributed by atoms with Crippen LogP contribution in [-0.2, 0) is 30.0 Å². The molecule has 0 bridgehead atoms. The molecule has 3 N–H and O–H groups in total. The van der Waals surface area contributed by atoms with Crippen LogP contribution >= 0.6 is 7.75 Å². The van der Waals surface area contributed by atoms with Crippen molar-refractivity contribution in [1.29, 1.82) is 0 Å². The van der Waals surface area contributed by atoms with Crippen LogP contribution in [0.1, 0.15) is 53.4 Å². The highest BCUT2D eigenvalue weighted by Crippen LogP contribution is 2.46. The second kappa shape index (κ2) is 13.6. The van der Waals surface area contributed by atoms with Gasteiger partial charge in [0.1, 0.15) is 29.7 Å². The summed E-state index contributed by atoms with van der Waals surface area (Å²) in [4.78, 5) is 22.0. The third kappa shape index (κ3) is 7.28. The van der Waals surface area contributed by atoms with Crippen LogP contribution < -0.4 is 15.3 Å². The van der Waals surface area contributed by atoms with Gasteiger partial charge in [-0.1, -0.05) is 50.2 Å². The Bertz CT molecular complexity index is 1560. The van der Waals surface area contributed by atoms with Gasteiger partial charge in [0, 0.05) is 12.0 Å². The number of anilines is 1. The van der Waals surface area contributed by atoms with Crippen LogP contribution in [0.4, 0.5) is 5.82 Å². The molecular formula is C30H40N5O6P. The molecule has 0 spiro atoms. The number of nitrogens with one attached hydrogen (secondary N) is 1. The number of fused-ring (bicyclic) bond motifs is 3. The minimum absolute atomic E-state index is 0.00978. The number of aromatic nitrogens is 3. The van der Waals surface area contributed by atoms with Crippen molar-refractivity contribution in [2.24, 2.45) is 5.92 Å². The van der Waals surface area contributed by atoms with E-state index in [4.69, 9.17) is 29.2 Å². The minimum Gasteiger partial charge on any atom is -0.462 e. The van der Waals surface area contributed by atoms with Gasteiger partial charge in [0.2, 0.25) is 0 Å². The van der Waals surface area contributed by atoms with Crippen molar-refractivity contribution in [2.75, 3.05) is 18.9 Å². The number of carbonyl (C=O) groups excluding carboxylic acids is 1. The first-order chi connectivity index (χ1) is 20.0. The van der Waals surface area contributed by atoms with Crippen molar-refractivity contribution in [3.05, 3.63) is 60.4 Å². The monoisotopic (exact) mass is 597 g/mol. The van der Waals surface area contributed by atoms with Gasteiger partial charge in [-0.05, 0) is 51.8 Å². The molecule has 12 heteroatoms. The average molecular weight is 598 g/mol. The molecule has 42 heavy (non-hydrogen) atoms. The Morgan fingerprint density at radius 3 is 2.38 bits per heavy atom. The Kier molecular flexibility index (Phi) is 10.2. The first-order valence-electron chi connectivity index (χ1n) is 14.1. The van der Waals surface area contributed by atoms with E-state index in [1.807, 2.05) is 55.7 Å². The predicted octanol–water partition coefficient (Wildman–Crippen LogP) is 6.03. The van der Waals surface area contributed by atoms with E-state index >= 15 is 0 Å². The van der Waals surface area contributed by atoms with Crippen LogP contribution in [0, 0.1) is 5.92 Å². The summed E-state index contributed by atoms with van der Waals surface area (Å²) in [5.74, 6) is 0.693. The SMILES string of the molecule is CCOCc1nc2c(N)nc3ccccc3c2n1[C@@H](COP(=O)(N[C@@H](C)C(=O)OC(C)C)Oc1ccccc1)C(C)C. The molecule has 2 heterocycles. The topological polar surface area (TPSA) is 140 Å². The maximum absolute atomic E-state index is 14.2. The Balaban J connectivity index is 1.76. The number of nitrogens with two attached hydrogens (primary N) is 1. The second-order valence-corrected chi connectivity index (χ2v) is 12.3. The zero-order valence-corrected chi connectivity index (χ0v) is 25.8. The Morgan fingerprint density at radius 1 is 1.02 bits per heavy atom. The van der Waals surface area contributed by atoms with Crippen molar-refractivity contribution in [2.45, 2.75) is 66.3 Å². The molecule has 0 aliphatic heterocycles. The number of hydrogen-bond donors (Lipinski definition) is 2. The number of nitrogen functional groups attached to an aromatic ring is 1. The summed E-state index contributed by atoms with van der Waals surface area (Å²) in [6.45, 7) is 11.7. The fourth-order valence-electron chi connectivity index (χ4n) is 4.60. The molecule has 0 fully saturated rings. The van der Waals surface area contributed by atoms with E-state index in [0.717, 1.165) is 16.4 Å². The summed E-state index contributed by atoms with van der Waals surface area (Å²) in [5.41, 5.74) is 8.45. The lowest BCUT2D eigenvalue weighted by Crippen LogP contribution is -2.36. The van der Waals surface area contributed by atoms with E-state index in [2.05, 4.69) is 10.1 Å². The fourth-order valence-corrected chi connectivity index (χ4v) is 6.10. The first kappa shape index (κ1) is 31.4. The molecule has 3 atom stereocenters. The van der Waals surface area contributed by atoms with Gasteiger partial charge >= 0.3 is 13.7 Å². The van der Waals surface area contributed by atoms with Crippen LogP contribution in [-0.4, -0.2) is 45.9 Å². The number of esters is 1. The van der Waals surface area contributed by atoms with Crippen LogP contribution in [0.2, 0.25) is 0 Å². The normalized spacial score (nSPS) is 14.8. The van der Waals surface area contributed by atoms with Gasteiger partial charge in [-0.15, -0.1) is 0 Å². The molecule has 0 amide bonds. The first-order valence-corrected chi connectivity index (χ1v) is 15.7. The summed E-state index contributed by atoms with van der Waals surface area (Å²) < 4.78 is 39.4. The van der Waals surface area contributed by atoms with Gasteiger partial charge in [-0.3, -0.25) is 9.32 Å². The van der Waals surface area contributed by atoms with Gasteiger partial charge < -0.3 is 24.3 Å². The fraction of sp³-hybridized carbons (Fsp3) is 0.433. The second-order valence-electron chi connectivity index (χ2n) is 10.6. The lowest BCUT2D eigenvalue weighted by molar-refractivity contribution is -0.149. The smallest absolute Gasteiger partial charge is 0.459 e. The molecule has 226 valence electrons. The Hall–Kier alpha value is -3.50. The molecule has 2 aromatic heterocycles. The lowest BCUT2D eigenvalue weighted by atomic mass is 10.0. The van der Waals surface area contributed by atoms with E-state index in [1.54, 1.807) is 45.0 Å². The number of para-hydroxylation sites is 2. The van der Waals surface area contributed by atoms with Crippen molar-refractivity contribution >= 4 is 41.5 Å². The number of hydrogen-bond acceptors (Lipinski definition) is 9. The molecule has 4 aromatic rings. The highest BCUT2D eigenvalue weighted by molar-refractivity contribution is 7.52. The summed E-state index contributed by atoms with van der Waals surface area (Å²) in [6, 6.07) is 15.0. The maximum Gasteiger partial charge on any atom is 0.459 e. The van der Waals surface area contributed by atoms with E-state index < -0.39 is 19.8 Å². The third-order valence-electron chi connectivity index (χ3n) is 6.60. The summed E-state index contributed by atoms with van der Waals surface area (Å²) >= 11 is 0. The maximum atomic E-state index is 14.2. The van der Waals surface area contributed by atoms with E-state index in [-0.39, 0.29) is 31.3 Å². The Labute approximate surface area is 246 Å². The molecule has 0 aliphatic carbocycles. The zero-order chi connectivity index (χ0) is 30.4. The van der Waals surface area contributed by atoms with Crippen molar-refractivity contribution in [3.8, 4) is 5.75 Å². The standard InChI is InChI=1S/C30H40N5O6P/c1-7-38-18-26-33-27-28(23-15-11-12-16-24(23)32-29(27)31)35(26)25(19(2)3)17-39-42(37,41-22-13-9-8-10-14-22)34-21(6)30(36)40-20(4)5/h8-16,19-21,25H,7,17-18H2,1-6H3,(H2,31,32)(H,34,37)/t21-,25-,42?/m0/s1. The summed E-state index contributed by atoms with van der Waals surface area (Å²) in [7, 11) is -4.10. The highest BCUT2D eigenvalue weighted by atomic mass is 31.2. The number of imidazole rings is 1. The molecule has 4 rings (SSSR count). The van der Waals surface area contributed by atoms with Crippen molar-refractivity contribution in [3.63, 3.8) is 0 Å². The van der Waals surface area contributed by atoms with Crippen molar-refractivity contribution in [1.82, 2.24) is 19.6 Å².